The zero-order valence-electron chi connectivity index (χ0n) is 15.8. The average molecular weight is 392 g/mol. The summed E-state index contributed by atoms with van der Waals surface area (Å²) in [6, 6.07) is 8.50. The molecule has 0 bridgehead atoms. The molecule has 150 valence electrons. The van der Waals surface area contributed by atoms with Gasteiger partial charge in [0.15, 0.2) is 11.6 Å². The van der Waals surface area contributed by atoms with Gasteiger partial charge in [0.2, 0.25) is 0 Å². The molecule has 2 aromatic rings. The second-order valence-electron chi connectivity index (χ2n) is 7.42. The van der Waals surface area contributed by atoms with Crippen molar-refractivity contribution in [1.29, 1.82) is 0 Å². The van der Waals surface area contributed by atoms with E-state index in [0.29, 0.717) is 12.6 Å². The van der Waals surface area contributed by atoms with Crippen LogP contribution in [0, 0.1) is 17.5 Å². The Bertz CT molecular complexity index is 845. The number of piperazine rings is 1. The molecule has 1 saturated heterocycles. The van der Waals surface area contributed by atoms with Gasteiger partial charge in [-0.2, -0.15) is 0 Å². The standard InChI is InChI=1S/C21H23F3N2O2/c1-13-9-25(11-15-3-5-16(6-4-15)21(27)28)10-14(2)26(13)12-17-7-19(23)20(24)8-18(17)22/h3-8,13-14H,9-12H2,1-2H3,(H,27,28)/t13-,14+. The molecule has 0 aliphatic carbocycles. The van der Waals surface area contributed by atoms with Crippen LogP contribution >= 0.6 is 0 Å². The maximum Gasteiger partial charge on any atom is 0.335 e. The Labute approximate surface area is 162 Å². The molecular formula is C21H23F3N2O2. The van der Waals surface area contributed by atoms with Gasteiger partial charge in [0.05, 0.1) is 5.56 Å². The lowest BCUT2D eigenvalue weighted by Gasteiger charge is -2.44. The molecule has 3 rings (SSSR count). The molecule has 0 radical (unpaired) electrons. The van der Waals surface area contributed by atoms with Gasteiger partial charge in [-0.15, -0.1) is 0 Å². The topological polar surface area (TPSA) is 43.8 Å². The van der Waals surface area contributed by atoms with Crippen molar-refractivity contribution >= 4 is 5.97 Å². The zero-order valence-corrected chi connectivity index (χ0v) is 15.8. The van der Waals surface area contributed by atoms with Gasteiger partial charge in [-0.05, 0) is 37.6 Å². The van der Waals surface area contributed by atoms with E-state index in [0.717, 1.165) is 24.7 Å². The first-order valence-corrected chi connectivity index (χ1v) is 9.18. The molecule has 1 N–H and O–H groups in total. The second kappa shape index (κ2) is 8.32. The number of carbonyl (C=O) groups is 1. The highest BCUT2D eigenvalue weighted by molar-refractivity contribution is 5.87. The van der Waals surface area contributed by atoms with Gasteiger partial charge in [-0.25, -0.2) is 18.0 Å². The van der Waals surface area contributed by atoms with Gasteiger partial charge in [0.1, 0.15) is 5.82 Å². The number of rotatable bonds is 5. The molecule has 1 aliphatic heterocycles. The Morgan fingerprint density at radius 2 is 1.54 bits per heavy atom. The van der Waals surface area contributed by atoms with Gasteiger partial charge >= 0.3 is 5.97 Å². The van der Waals surface area contributed by atoms with E-state index in [2.05, 4.69) is 9.80 Å². The largest absolute Gasteiger partial charge is 0.478 e. The van der Waals surface area contributed by atoms with E-state index in [1.165, 1.54) is 0 Å². The van der Waals surface area contributed by atoms with Crippen LogP contribution in [-0.4, -0.2) is 46.0 Å². The van der Waals surface area contributed by atoms with Gasteiger partial charge in [-0.3, -0.25) is 9.80 Å². The van der Waals surface area contributed by atoms with Crippen LogP contribution in [0.1, 0.15) is 35.3 Å². The minimum Gasteiger partial charge on any atom is -0.478 e. The van der Waals surface area contributed by atoms with Crippen LogP contribution in [0.5, 0.6) is 0 Å². The number of benzene rings is 2. The average Bonchev–Trinajstić information content (AvgIpc) is 2.62. The molecule has 0 amide bonds. The Balaban J connectivity index is 1.65. The number of aromatic carboxylic acids is 1. The third-order valence-electron chi connectivity index (χ3n) is 5.23. The molecule has 0 spiro atoms. The van der Waals surface area contributed by atoms with Crippen molar-refractivity contribution in [3.05, 3.63) is 70.5 Å². The molecule has 2 aromatic carbocycles. The highest BCUT2D eigenvalue weighted by Gasteiger charge is 2.30. The van der Waals surface area contributed by atoms with Crippen LogP contribution in [0.2, 0.25) is 0 Å². The van der Waals surface area contributed by atoms with Crippen LogP contribution in [0.4, 0.5) is 13.2 Å². The summed E-state index contributed by atoms with van der Waals surface area (Å²) < 4.78 is 40.6. The first-order valence-electron chi connectivity index (χ1n) is 9.18. The van der Waals surface area contributed by atoms with Gasteiger partial charge in [0.25, 0.3) is 0 Å². The third-order valence-corrected chi connectivity index (χ3v) is 5.23. The fraction of sp³-hybridized carbons (Fsp3) is 0.381. The van der Waals surface area contributed by atoms with E-state index >= 15 is 0 Å². The van der Waals surface area contributed by atoms with E-state index in [-0.39, 0.29) is 29.8 Å². The van der Waals surface area contributed by atoms with E-state index in [9.17, 15) is 18.0 Å². The zero-order chi connectivity index (χ0) is 20.4. The molecular weight excluding hydrogens is 369 g/mol. The predicted octanol–water partition coefficient (Wildman–Crippen LogP) is 3.90. The first-order chi connectivity index (χ1) is 13.2. The quantitative estimate of drug-likeness (QED) is 0.784. The Morgan fingerprint density at radius 1 is 0.964 bits per heavy atom. The predicted molar refractivity (Wildman–Crippen MR) is 99.5 cm³/mol. The molecule has 0 unspecified atom stereocenters. The van der Waals surface area contributed by atoms with Crippen LogP contribution < -0.4 is 0 Å². The van der Waals surface area contributed by atoms with Crippen LogP contribution in [0.3, 0.4) is 0 Å². The van der Waals surface area contributed by atoms with Gasteiger partial charge in [0, 0.05) is 49.9 Å². The number of carboxylic acid groups (broad SMARTS) is 1. The molecule has 1 fully saturated rings. The molecule has 28 heavy (non-hydrogen) atoms. The van der Waals surface area contributed by atoms with Crippen molar-refractivity contribution in [3.8, 4) is 0 Å². The van der Waals surface area contributed by atoms with Crippen LogP contribution in [0.15, 0.2) is 36.4 Å². The molecule has 7 heteroatoms. The monoisotopic (exact) mass is 392 g/mol. The fourth-order valence-electron chi connectivity index (χ4n) is 3.80. The first kappa shape index (κ1) is 20.4. The number of halogens is 3. The van der Waals surface area contributed by atoms with E-state index in [1.54, 1.807) is 12.1 Å². The van der Waals surface area contributed by atoms with Crippen molar-refractivity contribution in [1.82, 2.24) is 9.80 Å². The maximum atomic E-state index is 14.0. The number of hydrogen-bond acceptors (Lipinski definition) is 3. The van der Waals surface area contributed by atoms with Crippen LogP contribution in [0.25, 0.3) is 0 Å². The highest BCUT2D eigenvalue weighted by Crippen LogP contribution is 2.23. The second-order valence-corrected chi connectivity index (χ2v) is 7.42. The van der Waals surface area contributed by atoms with Crippen molar-refractivity contribution < 1.29 is 23.1 Å². The summed E-state index contributed by atoms with van der Waals surface area (Å²) in [5, 5.41) is 8.98. The molecule has 0 aromatic heterocycles. The summed E-state index contributed by atoms with van der Waals surface area (Å²) in [5.74, 6) is -3.91. The molecule has 2 atom stereocenters. The highest BCUT2D eigenvalue weighted by atomic mass is 19.2. The summed E-state index contributed by atoms with van der Waals surface area (Å²) in [4.78, 5) is 15.3. The summed E-state index contributed by atoms with van der Waals surface area (Å²) >= 11 is 0. The third kappa shape index (κ3) is 4.54. The van der Waals surface area contributed by atoms with E-state index < -0.39 is 23.4 Å². The Morgan fingerprint density at radius 3 is 2.11 bits per heavy atom. The molecule has 1 heterocycles. The minimum absolute atomic E-state index is 0.0922. The lowest BCUT2D eigenvalue weighted by atomic mass is 10.0. The summed E-state index contributed by atoms with van der Waals surface area (Å²) in [6.07, 6.45) is 0. The molecule has 0 saturated carbocycles. The van der Waals surface area contributed by atoms with Crippen molar-refractivity contribution in [2.45, 2.75) is 39.0 Å². The SMILES string of the molecule is C[C@@H]1CN(Cc2ccc(C(=O)O)cc2)C[C@H](C)N1Cc1cc(F)c(F)cc1F. The fourth-order valence-corrected chi connectivity index (χ4v) is 3.80. The summed E-state index contributed by atoms with van der Waals surface area (Å²) in [7, 11) is 0. The lowest BCUT2D eigenvalue weighted by Crippen LogP contribution is -2.55. The van der Waals surface area contributed by atoms with E-state index in [1.807, 2.05) is 26.0 Å². The van der Waals surface area contributed by atoms with Gasteiger partial charge < -0.3 is 5.11 Å². The lowest BCUT2D eigenvalue weighted by molar-refractivity contribution is 0.0282. The van der Waals surface area contributed by atoms with Crippen LogP contribution in [-0.2, 0) is 13.1 Å². The van der Waals surface area contributed by atoms with Crippen molar-refractivity contribution in [3.63, 3.8) is 0 Å². The van der Waals surface area contributed by atoms with Crippen molar-refractivity contribution in [2.24, 2.45) is 0 Å². The van der Waals surface area contributed by atoms with E-state index in [4.69, 9.17) is 5.11 Å². The summed E-state index contributed by atoms with van der Waals surface area (Å²) in [6.45, 7) is 6.41. The molecule has 4 nitrogen and oxygen atoms in total. The maximum absolute atomic E-state index is 14.0. The Hall–Kier alpha value is -2.38. The number of carboxylic acids is 1. The smallest absolute Gasteiger partial charge is 0.335 e. The summed E-state index contributed by atoms with van der Waals surface area (Å²) in [5.41, 5.74) is 1.42. The normalized spacial score (nSPS) is 21.0. The number of nitrogens with zero attached hydrogens (tertiary/aromatic N) is 2. The minimum atomic E-state index is -1.18. The number of hydrogen-bond donors (Lipinski definition) is 1. The van der Waals surface area contributed by atoms with Crippen molar-refractivity contribution in [2.75, 3.05) is 13.1 Å². The Kier molecular flexibility index (Phi) is 6.05. The van der Waals surface area contributed by atoms with Gasteiger partial charge in [-0.1, -0.05) is 12.1 Å². The molecule has 1 aliphatic rings.